The van der Waals surface area contributed by atoms with Crippen molar-refractivity contribution >= 4 is 34.5 Å². The lowest BCUT2D eigenvalue weighted by atomic mass is 10.0. The van der Waals surface area contributed by atoms with Crippen LogP contribution in [0.2, 0.25) is 5.02 Å². The van der Waals surface area contributed by atoms with Crippen LogP contribution in [0.5, 0.6) is 11.5 Å². The van der Waals surface area contributed by atoms with Crippen molar-refractivity contribution in [3.63, 3.8) is 0 Å². The molecule has 3 aromatic rings. The van der Waals surface area contributed by atoms with Gasteiger partial charge in [-0.15, -0.1) is 0 Å². The number of nitrogens with zero attached hydrogens (tertiary/aromatic N) is 5. The number of benzene rings is 1. The number of fused-ring (bicyclic) bond motifs is 1. The average molecular weight is 659 g/mol. The number of hydrogen-bond acceptors (Lipinski definition) is 10. The summed E-state index contributed by atoms with van der Waals surface area (Å²) in [6, 6.07) is 5.10. The molecule has 0 saturated carbocycles. The average Bonchev–Trinajstić information content (AvgIpc) is 3.08. The molecule has 46 heavy (non-hydrogen) atoms. The number of pyridine rings is 1. The molecule has 0 atom stereocenters. The fourth-order valence-electron chi connectivity index (χ4n) is 4.99. The number of carbonyl (C=O) groups is 1. The van der Waals surface area contributed by atoms with Crippen LogP contribution in [0.1, 0.15) is 27.7 Å². The molecule has 2 aromatic heterocycles. The molecule has 0 bridgehead atoms. The molecule has 13 heteroatoms. The van der Waals surface area contributed by atoms with Gasteiger partial charge in [-0.25, -0.2) is 4.98 Å². The molecule has 2 aliphatic rings. The molecule has 2 saturated heterocycles. The van der Waals surface area contributed by atoms with E-state index in [-0.39, 0.29) is 30.7 Å². The van der Waals surface area contributed by atoms with Gasteiger partial charge in [0, 0.05) is 68.0 Å². The highest BCUT2D eigenvalue weighted by molar-refractivity contribution is 6.35. The molecule has 0 unspecified atom stereocenters. The number of ether oxygens (including phenoxy) is 4. The lowest BCUT2D eigenvalue weighted by Crippen LogP contribution is -2.54. The van der Waals surface area contributed by atoms with Crippen LogP contribution in [0.15, 0.2) is 41.8 Å². The number of aromatic nitrogens is 3. The van der Waals surface area contributed by atoms with Gasteiger partial charge in [0.25, 0.3) is 5.56 Å². The summed E-state index contributed by atoms with van der Waals surface area (Å²) in [4.78, 5) is 39.0. The third-order valence-corrected chi connectivity index (χ3v) is 7.79. The molecular formula is C33H47ClN6O6. The van der Waals surface area contributed by atoms with E-state index in [0.29, 0.717) is 64.3 Å². The van der Waals surface area contributed by atoms with Crippen LogP contribution < -0.4 is 20.3 Å². The van der Waals surface area contributed by atoms with Gasteiger partial charge in [0.15, 0.2) is 0 Å². The number of morpholine rings is 1. The molecule has 2 fully saturated rings. The van der Waals surface area contributed by atoms with E-state index in [4.69, 9.17) is 35.5 Å². The first-order chi connectivity index (χ1) is 22.4. The van der Waals surface area contributed by atoms with Gasteiger partial charge in [-0.1, -0.05) is 45.9 Å². The summed E-state index contributed by atoms with van der Waals surface area (Å²) in [5.74, 6) is 1.19. The predicted molar refractivity (Wildman–Crippen MR) is 182 cm³/mol. The van der Waals surface area contributed by atoms with Gasteiger partial charge < -0.3 is 29.2 Å². The van der Waals surface area contributed by atoms with Gasteiger partial charge in [0.2, 0.25) is 11.9 Å². The van der Waals surface area contributed by atoms with Crippen molar-refractivity contribution in [1.29, 1.82) is 0 Å². The Labute approximate surface area is 276 Å². The number of rotatable bonds is 12. The van der Waals surface area contributed by atoms with E-state index in [1.807, 2.05) is 27.7 Å². The van der Waals surface area contributed by atoms with Crippen LogP contribution >= 0.6 is 11.6 Å². The molecule has 1 aromatic carbocycles. The molecule has 0 radical (unpaired) electrons. The maximum absolute atomic E-state index is 14.0. The van der Waals surface area contributed by atoms with Crippen molar-refractivity contribution in [3.8, 4) is 22.6 Å². The largest absolute Gasteiger partial charge is 0.497 e. The summed E-state index contributed by atoms with van der Waals surface area (Å²) >= 11 is 6.67. The van der Waals surface area contributed by atoms with Crippen LogP contribution in [0, 0.1) is 0 Å². The number of hydrogen-bond donors (Lipinski definition) is 1. The molecule has 2 aliphatic heterocycles. The highest BCUT2D eigenvalue weighted by atomic mass is 35.5. The fraction of sp³-hybridized carbons (Fsp3) is 0.515. The molecule has 252 valence electrons. The summed E-state index contributed by atoms with van der Waals surface area (Å²) in [5.41, 5.74) is 1.00. The zero-order valence-electron chi connectivity index (χ0n) is 27.8. The Morgan fingerprint density at radius 3 is 2.46 bits per heavy atom. The Kier molecular flexibility index (Phi) is 14.7. The lowest BCUT2D eigenvalue weighted by Gasteiger charge is -2.38. The van der Waals surface area contributed by atoms with Crippen molar-refractivity contribution in [3.05, 3.63) is 52.4 Å². The normalized spacial score (nSPS) is 14.7. The third kappa shape index (κ3) is 8.97. The smallest absolute Gasteiger partial charge is 0.260 e. The van der Waals surface area contributed by atoms with Crippen LogP contribution in [-0.2, 0) is 20.8 Å². The molecular weight excluding hydrogens is 612 g/mol. The number of methoxy groups -OCH3 is 2. The molecule has 0 aliphatic carbocycles. The van der Waals surface area contributed by atoms with E-state index in [1.54, 1.807) is 33.9 Å². The van der Waals surface area contributed by atoms with Crippen LogP contribution in [0.25, 0.3) is 22.2 Å². The van der Waals surface area contributed by atoms with E-state index in [0.717, 1.165) is 32.8 Å². The first-order valence-corrected chi connectivity index (χ1v) is 16.2. The molecule has 1 N–H and O–H groups in total. The Balaban J connectivity index is 0.00000139. The maximum Gasteiger partial charge on any atom is 0.260 e. The van der Waals surface area contributed by atoms with Gasteiger partial charge in [-0.05, 0) is 18.2 Å². The first-order valence-electron chi connectivity index (χ1n) is 15.8. The minimum atomic E-state index is -0.293. The van der Waals surface area contributed by atoms with Crippen LogP contribution in [0.3, 0.4) is 0 Å². The maximum atomic E-state index is 14.0. The number of carbonyl (C=O) groups excluding carboxylic acids is 1. The molecule has 4 heterocycles. The number of anilines is 1. The summed E-state index contributed by atoms with van der Waals surface area (Å²) in [7, 11) is 3.04. The molecule has 12 nitrogen and oxygen atoms in total. The number of nitrogens with one attached hydrogen (secondary N) is 1. The van der Waals surface area contributed by atoms with E-state index in [1.165, 1.54) is 20.3 Å². The molecule has 5 rings (SSSR count). The van der Waals surface area contributed by atoms with E-state index >= 15 is 0 Å². The second-order valence-electron chi connectivity index (χ2n) is 10.00. The van der Waals surface area contributed by atoms with Crippen molar-refractivity contribution in [2.75, 3.05) is 78.6 Å². The second-order valence-corrected chi connectivity index (χ2v) is 10.4. The standard InChI is InChI=1S/C29H35ClN6O6.2C2H6/c1-4-25(37)35-17-21(18-35)42-12-9-36-27-19(16-32-29(33-27)31-5-6-34-7-10-41-11-8-34)13-23(28(36)38)22-14-20(39-2)15-24(40-3)26(22)30;2*1-2/h4,13-16,21H,1,5-12,17-18H2,2-3H3,(H,31,32,33);2*1-2H3. The fourth-order valence-corrected chi connectivity index (χ4v) is 5.28. The summed E-state index contributed by atoms with van der Waals surface area (Å²) in [5, 5.41) is 4.23. The van der Waals surface area contributed by atoms with Crippen molar-refractivity contribution < 1.29 is 23.7 Å². The third-order valence-electron chi connectivity index (χ3n) is 7.40. The van der Waals surface area contributed by atoms with Gasteiger partial charge in [0.1, 0.15) is 17.1 Å². The van der Waals surface area contributed by atoms with Crippen molar-refractivity contribution in [2.45, 2.75) is 40.3 Å². The Bertz CT molecular complexity index is 1500. The van der Waals surface area contributed by atoms with Crippen LogP contribution in [0.4, 0.5) is 5.95 Å². The van der Waals surface area contributed by atoms with E-state index in [9.17, 15) is 9.59 Å². The van der Waals surface area contributed by atoms with Gasteiger partial charge in [0.05, 0.1) is 51.7 Å². The zero-order valence-corrected chi connectivity index (χ0v) is 28.6. The van der Waals surface area contributed by atoms with Gasteiger partial charge >= 0.3 is 0 Å². The minimum absolute atomic E-state index is 0.108. The highest BCUT2D eigenvalue weighted by Gasteiger charge is 2.30. The van der Waals surface area contributed by atoms with Gasteiger partial charge in [-0.2, -0.15) is 4.98 Å². The minimum Gasteiger partial charge on any atom is -0.497 e. The highest BCUT2D eigenvalue weighted by Crippen LogP contribution is 2.38. The number of likely N-dealkylation sites (tertiary alicyclic amines) is 1. The lowest BCUT2D eigenvalue weighted by molar-refractivity contribution is -0.139. The van der Waals surface area contributed by atoms with Gasteiger partial charge in [-0.3, -0.25) is 19.1 Å². The van der Waals surface area contributed by atoms with Crippen molar-refractivity contribution in [1.82, 2.24) is 24.3 Å². The quantitative estimate of drug-likeness (QED) is 0.282. The first kappa shape index (κ1) is 36.8. The summed E-state index contributed by atoms with van der Waals surface area (Å²) in [6.45, 7) is 17.7. The van der Waals surface area contributed by atoms with E-state index < -0.39 is 0 Å². The van der Waals surface area contributed by atoms with Crippen LogP contribution in [-0.4, -0.2) is 110 Å². The Hall–Kier alpha value is -3.71. The molecule has 0 spiro atoms. The Morgan fingerprint density at radius 2 is 1.80 bits per heavy atom. The number of amides is 1. The zero-order chi connectivity index (χ0) is 33.6. The SMILES string of the molecule is C=CC(=O)N1CC(OCCn2c(=O)c(-c3cc(OC)cc(OC)c3Cl)cc3cnc(NCCN4CCOCC4)nc32)C1.CC.CC. The topological polar surface area (TPSA) is 120 Å². The monoisotopic (exact) mass is 658 g/mol. The summed E-state index contributed by atoms with van der Waals surface area (Å²) in [6.07, 6.45) is 2.87. The number of halogens is 1. The predicted octanol–water partition coefficient (Wildman–Crippen LogP) is 4.34. The Morgan fingerprint density at radius 1 is 1.09 bits per heavy atom. The van der Waals surface area contributed by atoms with Crippen molar-refractivity contribution in [2.24, 2.45) is 0 Å². The second kappa shape index (κ2) is 18.4. The van der Waals surface area contributed by atoms with E-state index in [2.05, 4.69) is 21.8 Å². The molecule has 1 amide bonds. The summed E-state index contributed by atoms with van der Waals surface area (Å²) < 4.78 is 23.8.